The predicted molar refractivity (Wildman–Crippen MR) is 70.1 cm³/mol. The molecular formula is C14H23F3N2O. The number of rotatable bonds is 7. The van der Waals surface area contributed by atoms with E-state index in [1.807, 2.05) is 13.8 Å². The van der Waals surface area contributed by atoms with Crippen LogP contribution in [0.4, 0.5) is 13.2 Å². The van der Waals surface area contributed by atoms with Crippen LogP contribution in [-0.4, -0.2) is 31.0 Å². The number of nitrogens with zero attached hydrogens (tertiary/aromatic N) is 1. The summed E-state index contributed by atoms with van der Waals surface area (Å²) in [6.07, 6.45) is -1.75. The summed E-state index contributed by atoms with van der Waals surface area (Å²) in [5, 5.41) is 12.8. The molecule has 1 rings (SSSR count). The molecule has 0 aromatic carbocycles. The van der Waals surface area contributed by atoms with Crippen molar-refractivity contribution in [3.8, 4) is 6.07 Å². The van der Waals surface area contributed by atoms with Gasteiger partial charge in [-0.05, 0) is 39.0 Å². The molecule has 1 saturated carbocycles. The fourth-order valence-corrected chi connectivity index (χ4v) is 2.87. The maximum absolute atomic E-state index is 12.0. The highest BCUT2D eigenvalue weighted by atomic mass is 19.4. The average Bonchev–Trinajstić information content (AvgIpc) is 2.70. The summed E-state index contributed by atoms with van der Waals surface area (Å²) in [7, 11) is 0. The van der Waals surface area contributed by atoms with Gasteiger partial charge in [-0.25, -0.2) is 0 Å². The molecule has 0 heterocycles. The minimum atomic E-state index is -4.16. The van der Waals surface area contributed by atoms with Crippen LogP contribution in [0, 0.1) is 17.2 Å². The molecule has 6 heteroatoms. The largest absolute Gasteiger partial charge is 0.391 e. The molecule has 1 aliphatic carbocycles. The van der Waals surface area contributed by atoms with E-state index in [4.69, 9.17) is 4.74 Å². The van der Waals surface area contributed by atoms with Crippen LogP contribution in [0.1, 0.15) is 46.0 Å². The van der Waals surface area contributed by atoms with Crippen LogP contribution in [0.5, 0.6) is 0 Å². The smallest absolute Gasteiger partial charge is 0.381 e. The van der Waals surface area contributed by atoms with Crippen LogP contribution >= 0.6 is 0 Å². The molecule has 0 amide bonds. The molecule has 0 radical (unpaired) electrons. The molecule has 0 saturated heterocycles. The fourth-order valence-electron chi connectivity index (χ4n) is 2.87. The highest BCUT2D eigenvalue weighted by Crippen LogP contribution is 2.38. The number of nitrogens with one attached hydrogen (secondary N) is 1. The number of halogens is 3. The molecule has 1 N–H and O–H groups in total. The lowest BCUT2D eigenvalue weighted by Gasteiger charge is -2.32. The standard InChI is InChI=1S/C14H23F3N2O/c1-11(2)19-13(10-18)6-3-4-12(13)5-8-20-9-7-14(15,16)17/h11-12,19H,3-9H2,1-2H3. The first-order chi connectivity index (χ1) is 9.29. The Morgan fingerprint density at radius 1 is 1.40 bits per heavy atom. The van der Waals surface area contributed by atoms with Crippen molar-refractivity contribution in [1.29, 1.82) is 5.26 Å². The van der Waals surface area contributed by atoms with Crippen LogP contribution in [0.15, 0.2) is 0 Å². The minimum absolute atomic E-state index is 0.154. The van der Waals surface area contributed by atoms with E-state index in [2.05, 4.69) is 11.4 Å². The van der Waals surface area contributed by atoms with Crippen molar-refractivity contribution in [2.75, 3.05) is 13.2 Å². The lowest BCUT2D eigenvalue weighted by molar-refractivity contribution is -0.145. The molecule has 2 atom stereocenters. The molecule has 0 aromatic rings. The molecule has 1 aliphatic rings. The first-order valence-corrected chi connectivity index (χ1v) is 7.12. The maximum Gasteiger partial charge on any atom is 0.391 e. The van der Waals surface area contributed by atoms with Crippen LogP contribution in [0.25, 0.3) is 0 Å². The Bertz CT molecular complexity index is 338. The van der Waals surface area contributed by atoms with E-state index in [9.17, 15) is 18.4 Å². The lowest BCUT2D eigenvalue weighted by atomic mass is 9.85. The average molecular weight is 292 g/mol. The van der Waals surface area contributed by atoms with E-state index in [0.717, 1.165) is 19.3 Å². The maximum atomic E-state index is 12.0. The number of alkyl halides is 3. The molecule has 0 spiro atoms. The third kappa shape index (κ3) is 5.29. The van der Waals surface area contributed by atoms with Gasteiger partial charge in [0.2, 0.25) is 0 Å². The molecule has 0 aliphatic heterocycles. The first kappa shape index (κ1) is 17.3. The van der Waals surface area contributed by atoms with Crippen molar-refractivity contribution in [3.63, 3.8) is 0 Å². The number of nitriles is 1. The van der Waals surface area contributed by atoms with E-state index in [1.165, 1.54) is 0 Å². The zero-order valence-corrected chi connectivity index (χ0v) is 12.1. The second kappa shape index (κ2) is 7.28. The van der Waals surface area contributed by atoms with Gasteiger partial charge in [0.15, 0.2) is 0 Å². The topological polar surface area (TPSA) is 45.0 Å². The van der Waals surface area contributed by atoms with E-state index in [-0.39, 0.29) is 25.2 Å². The second-order valence-electron chi connectivity index (χ2n) is 5.74. The molecular weight excluding hydrogens is 269 g/mol. The minimum Gasteiger partial charge on any atom is -0.381 e. The van der Waals surface area contributed by atoms with E-state index in [0.29, 0.717) is 6.42 Å². The van der Waals surface area contributed by atoms with Gasteiger partial charge in [0.05, 0.1) is 19.1 Å². The summed E-state index contributed by atoms with van der Waals surface area (Å²) < 4.78 is 41.0. The Hall–Kier alpha value is -0.800. The van der Waals surface area contributed by atoms with Gasteiger partial charge in [-0.15, -0.1) is 0 Å². The summed E-state index contributed by atoms with van der Waals surface area (Å²) in [5.74, 6) is 0.154. The zero-order chi connectivity index (χ0) is 15.2. The van der Waals surface area contributed by atoms with Gasteiger partial charge < -0.3 is 4.74 Å². The van der Waals surface area contributed by atoms with Crippen LogP contribution in [0.2, 0.25) is 0 Å². The summed E-state index contributed by atoms with van der Waals surface area (Å²) >= 11 is 0. The third-order valence-corrected chi connectivity index (χ3v) is 3.71. The third-order valence-electron chi connectivity index (χ3n) is 3.71. The van der Waals surface area contributed by atoms with Crippen LogP contribution < -0.4 is 5.32 Å². The highest BCUT2D eigenvalue weighted by Gasteiger charge is 2.43. The summed E-state index contributed by atoms with van der Waals surface area (Å²) in [5.41, 5.74) is -0.540. The molecule has 2 unspecified atom stereocenters. The van der Waals surface area contributed by atoms with Gasteiger partial charge in [-0.2, -0.15) is 18.4 Å². The van der Waals surface area contributed by atoms with Gasteiger partial charge in [0, 0.05) is 12.6 Å². The monoisotopic (exact) mass is 292 g/mol. The molecule has 20 heavy (non-hydrogen) atoms. The van der Waals surface area contributed by atoms with E-state index >= 15 is 0 Å². The van der Waals surface area contributed by atoms with Gasteiger partial charge in [-0.3, -0.25) is 5.32 Å². The number of hydrogen-bond donors (Lipinski definition) is 1. The van der Waals surface area contributed by atoms with Crippen molar-refractivity contribution in [2.45, 2.75) is 63.7 Å². The quantitative estimate of drug-likeness (QED) is 0.731. The molecule has 1 fully saturated rings. The Morgan fingerprint density at radius 2 is 2.10 bits per heavy atom. The summed E-state index contributed by atoms with van der Waals surface area (Å²) in [6, 6.07) is 2.59. The summed E-state index contributed by atoms with van der Waals surface area (Å²) in [6.45, 7) is 3.97. The lowest BCUT2D eigenvalue weighted by Crippen LogP contribution is -2.50. The van der Waals surface area contributed by atoms with Gasteiger partial charge in [-0.1, -0.05) is 6.42 Å². The van der Waals surface area contributed by atoms with Crippen molar-refractivity contribution in [3.05, 3.63) is 0 Å². The second-order valence-corrected chi connectivity index (χ2v) is 5.74. The number of ether oxygens (including phenoxy) is 1. The molecule has 3 nitrogen and oxygen atoms in total. The SMILES string of the molecule is CC(C)NC1(C#N)CCCC1CCOCCC(F)(F)F. The Labute approximate surface area is 118 Å². The van der Waals surface area contributed by atoms with Crippen LogP contribution in [0.3, 0.4) is 0 Å². The summed E-state index contributed by atoms with van der Waals surface area (Å²) in [4.78, 5) is 0. The van der Waals surface area contributed by atoms with Crippen molar-refractivity contribution >= 4 is 0 Å². The van der Waals surface area contributed by atoms with Crippen LogP contribution in [-0.2, 0) is 4.74 Å². The van der Waals surface area contributed by atoms with Crippen molar-refractivity contribution in [1.82, 2.24) is 5.32 Å². The van der Waals surface area contributed by atoms with Crippen molar-refractivity contribution in [2.24, 2.45) is 5.92 Å². The zero-order valence-electron chi connectivity index (χ0n) is 12.1. The number of hydrogen-bond acceptors (Lipinski definition) is 3. The first-order valence-electron chi connectivity index (χ1n) is 7.12. The molecule has 0 aromatic heterocycles. The predicted octanol–water partition coefficient (Wildman–Crippen LogP) is 3.41. The van der Waals surface area contributed by atoms with E-state index < -0.39 is 18.1 Å². The Morgan fingerprint density at radius 3 is 2.65 bits per heavy atom. The van der Waals surface area contributed by atoms with Crippen molar-refractivity contribution < 1.29 is 17.9 Å². The molecule has 0 bridgehead atoms. The fraction of sp³-hybridized carbons (Fsp3) is 0.929. The van der Waals surface area contributed by atoms with E-state index in [1.54, 1.807) is 0 Å². The van der Waals surface area contributed by atoms with Gasteiger partial charge >= 0.3 is 6.18 Å². The van der Waals surface area contributed by atoms with Gasteiger partial charge in [0.25, 0.3) is 0 Å². The Balaban J connectivity index is 2.37. The Kier molecular flexibility index (Phi) is 6.28. The van der Waals surface area contributed by atoms with Gasteiger partial charge in [0.1, 0.15) is 5.54 Å². The normalized spacial score (nSPS) is 26.9. The molecule has 116 valence electrons. The highest BCUT2D eigenvalue weighted by molar-refractivity contribution is 5.14.